The summed E-state index contributed by atoms with van der Waals surface area (Å²) in [5.74, 6) is -3.78. The molecule has 2 aromatic rings. The van der Waals surface area contributed by atoms with Gasteiger partial charge in [-0.1, -0.05) is 69.3 Å². The number of carbonyl (C=O) groups excluding carboxylic acids is 4. The monoisotopic (exact) mass is 763 g/mol. The molecule has 0 aromatic heterocycles. The molecular weight excluding hydrogens is 710 g/mol. The van der Waals surface area contributed by atoms with Gasteiger partial charge in [0, 0.05) is 29.6 Å². The van der Waals surface area contributed by atoms with E-state index in [1.807, 2.05) is 6.92 Å². The number of carbonyl (C=O) groups is 4. The maximum Gasteiger partial charge on any atom is 0.408 e. The number of Topliss-reactive ketones (excluding diaryl/α,β-unsaturated/α-hetero) is 1. The van der Waals surface area contributed by atoms with Gasteiger partial charge in [-0.2, -0.15) is 0 Å². The van der Waals surface area contributed by atoms with Crippen LogP contribution in [0, 0.1) is 22.2 Å². The second-order valence-corrected chi connectivity index (χ2v) is 17.5. The summed E-state index contributed by atoms with van der Waals surface area (Å²) >= 11 is 0. The van der Waals surface area contributed by atoms with Crippen molar-refractivity contribution >= 4 is 23.8 Å². The lowest BCUT2D eigenvalue weighted by molar-refractivity contribution is -0.313. The third-order valence-corrected chi connectivity index (χ3v) is 12.7. The second-order valence-electron chi connectivity index (χ2n) is 17.5. The number of alkyl carbamates (subject to hydrolysis) is 1. The fourth-order valence-electron chi connectivity index (χ4n) is 9.57. The predicted molar refractivity (Wildman–Crippen MR) is 197 cm³/mol. The SMILES string of the molecule is CC1=C2[C@@H](O)C(=O)C3(C)C([C@H](OC(=O)c4ccccc4)[C@](O)(C[C@@H]1OC(=O)[C@H](O)[C@@H](NC(=O)OC(C)(C)C)c1ccccc1)C2(C)C)[C@]1(C)COC1C[C@@H]3O. The molecule has 2 bridgehead atoms. The molecule has 1 amide bonds. The molecule has 0 radical (unpaired) electrons. The Labute approximate surface area is 321 Å². The second kappa shape index (κ2) is 14.1. The van der Waals surface area contributed by atoms with E-state index in [4.69, 9.17) is 18.9 Å². The van der Waals surface area contributed by atoms with Crippen LogP contribution in [-0.2, 0) is 28.5 Å². The Morgan fingerprint density at radius 3 is 2.11 bits per heavy atom. The standard InChI is InChI=1S/C42H53NO12/c1-22-25(53-36(49)31(46)29(23-15-11-9-12-16-23)43-37(50)55-38(2,3)4)20-42(51)34(54-35(48)24-17-13-10-14-18-24)32-40(7)21-52-27(40)19-26(44)41(32,8)33(47)30(45)28(22)39(42,5)6/h9-18,25-27,29-32,34,44-46,51H,19-21H2,1-8H3,(H,43,50)/t25-,26-,27?,29-,30+,31+,32?,34-,40+,41?,42+/m0/s1. The number of benzene rings is 2. The van der Waals surface area contributed by atoms with E-state index in [0.717, 1.165) is 0 Å². The molecule has 3 unspecified atom stereocenters. The van der Waals surface area contributed by atoms with Gasteiger partial charge in [-0.15, -0.1) is 0 Å². The van der Waals surface area contributed by atoms with Crippen LogP contribution in [0.15, 0.2) is 71.8 Å². The molecule has 0 spiro atoms. The van der Waals surface area contributed by atoms with Gasteiger partial charge in [-0.05, 0) is 63.5 Å². The number of esters is 2. The molecule has 13 nitrogen and oxygen atoms in total. The zero-order chi connectivity index (χ0) is 40.5. The van der Waals surface area contributed by atoms with E-state index in [9.17, 15) is 39.6 Å². The molecule has 2 aromatic carbocycles. The number of hydrogen-bond acceptors (Lipinski definition) is 12. The Balaban J connectivity index is 1.45. The molecule has 1 heterocycles. The lowest BCUT2D eigenvalue weighted by Crippen LogP contribution is -2.77. The normalized spacial score (nSPS) is 35.0. The minimum Gasteiger partial charge on any atom is -0.456 e. The van der Waals surface area contributed by atoms with Crippen molar-refractivity contribution in [2.45, 2.75) is 122 Å². The van der Waals surface area contributed by atoms with Crippen molar-refractivity contribution in [3.63, 3.8) is 0 Å². The zero-order valence-corrected chi connectivity index (χ0v) is 32.6. The summed E-state index contributed by atoms with van der Waals surface area (Å²) < 4.78 is 23.7. The zero-order valence-electron chi connectivity index (χ0n) is 32.6. The van der Waals surface area contributed by atoms with Crippen LogP contribution in [0.5, 0.6) is 0 Å². The molecule has 5 N–H and O–H groups in total. The minimum atomic E-state index is -2.15. The average Bonchev–Trinajstić information content (AvgIpc) is 3.12. The molecule has 1 saturated heterocycles. The van der Waals surface area contributed by atoms with E-state index in [2.05, 4.69) is 5.32 Å². The van der Waals surface area contributed by atoms with Gasteiger partial charge in [0.15, 0.2) is 11.9 Å². The van der Waals surface area contributed by atoms with Gasteiger partial charge in [0.05, 0.1) is 35.8 Å². The third-order valence-electron chi connectivity index (χ3n) is 12.7. The number of rotatable bonds is 7. The molecule has 3 fully saturated rings. The maximum absolute atomic E-state index is 14.8. The molecule has 1 aliphatic heterocycles. The van der Waals surface area contributed by atoms with Crippen molar-refractivity contribution in [2.75, 3.05) is 6.61 Å². The lowest BCUT2D eigenvalue weighted by atomic mass is 9.42. The number of ether oxygens (including phenoxy) is 4. The summed E-state index contributed by atoms with van der Waals surface area (Å²) in [5.41, 5.74) is -6.31. The highest BCUT2D eigenvalue weighted by Gasteiger charge is 2.75. The first-order valence-electron chi connectivity index (χ1n) is 18.7. The number of aliphatic hydroxyl groups excluding tert-OH is 3. The first-order chi connectivity index (χ1) is 25.6. The van der Waals surface area contributed by atoms with Crippen LogP contribution in [0.1, 0.15) is 90.2 Å². The molecule has 298 valence electrons. The summed E-state index contributed by atoms with van der Waals surface area (Å²) in [4.78, 5) is 55.7. The molecule has 2 saturated carbocycles. The van der Waals surface area contributed by atoms with Crippen LogP contribution in [0.2, 0.25) is 0 Å². The molecule has 4 aliphatic rings. The van der Waals surface area contributed by atoms with Crippen LogP contribution < -0.4 is 5.32 Å². The summed E-state index contributed by atoms with van der Waals surface area (Å²) in [6.07, 6.45) is -9.80. The highest BCUT2D eigenvalue weighted by atomic mass is 16.6. The van der Waals surface area contributed by atoms with Crippen LogP contribution in [0.25, 0.3) is 0 Å². The van der Waals surface area contributed by atoms with Crippen molar-refractivity contribution in [1.82, 2.24) is 5.32 Å². The smallest absolute Gasteiger partial charge is 0.408 e. The highest BCUT2D eigenvalue weighted by molar-refractivity contribution is 5.94. The summed E-state index contributed by atoms with van der Waals surface area (Å²) in [5, 5.41) is 51.3. The fraction of sp³-hybridized carbons (Fsp3) is 0.571. The maximum atomic E-state index is 14.8. The first kappa shape index (κ1) is 40.5. The van der Waals surface area contributed by atoms with Gasteiger partial charge >= 0.3 is 18.0 Å². The van der Waals surface area contributed by atoms with Crippen molar-refractivity contribution < 1.29 is 58.6 Å². The highest BCUT2D eigenvalue weighted by Crippen LogP contribution is 2.65. The average molecular weight is 764 g/mol. The fourth-order valence-corrected chi connectivity index (χ4v) is 9.57. The first-order valence-corrected chi connectivity index (χ1v) is 18.7. The van der Waals surface area contributed by atoms with Crippen molar-refractivity contribution in [1.29, 1.82) is 0 Å². The Hall–Kier alpha value is -4.14. The van der Waals surface area contributed by atoms with E-state index < -0.39 is 99.8 Å². The topological polar surface area (TPSA) is 198 Å². The van der Waals surface area contributed by atoms with Crippen LogP contribution >= 0.6 is 0 Å². The number of nitrogens with one attached hydrogen (secondary N) is 1. The van der Waals surface area contributed by atoms with Gasteiger partial charge in [0.25, 0.3) is 0 Å². The molecule has 13 heteroatoms. The van der Waals surface area contributed by atoms with Gasteiger partial charge in [0.1, 0.15) is 29.5 Å². The Morgan fingerprint density at radius 1 is 0.945 bits per heavy atom. The van der Waals surface area contributed by atoms with Crippen molar-refractivity contribution in [3.8, 4) is 0 Å². The largest absolute Gasteiger partial charge is 0.456 e. The molecule has 6 rings (SSSR count). The Kier molecular flexibility index (Phi) is 10.4. The van der Waals surface area contributed by atoms with E-state index in [1.54, 1.807) is 109 Å². The van der Waals surface area contributed by atoms with Gasteiger partial charge in [0.2, 0.25) is 0 Å². The Morgan fingerprint density at radius 2 is 1.55 bits per heavy atom. The van der Waals surface area contributed by atoms with E-state index in [0.29, 0.717) is 5.56 Å². The van der Waals surface area contributed by atoms with E-state index in [-0.39, 0.29) is 36.2 Å². The molecule has 55 heavy (non-hydrogen) atoms. The lowest BCUT2D eigenvalue weighted by Gasteiger charge is -2.68. The molecule has 11 atom stereocenters. The van der Waals surface area contributed by atoms with Crippen LogP contribution in [0.3, 0.4) is 0 Å². The minimum absolute atomic E-state index is 0.0369. The number of fused-ring (bicyclic) bond motifs is 5. The molecular formula is C42H53NO12. The number of amides is 1. The third kappa shape index (κ3) is 6.67. The Bertz CT molecular complexity index is 1860. The predicted octanol–water partition coefficient (Wildman–Crippen LogP) is 3.96. The van der Waals surface area contributed by atoms with E-state index in [1.165, 1.54) is 0 Å². The number of hydrogen-bond donors (Lipinski definition) is 5. The quantitative estimate of drug-likeness (QED) is 0.155. The number of ketones is 1. The van der Waals surface area contributed by atoms with Gasteiger partial charge < -0.3 is 44.7 Å². The number of aliphatic hydroxyl groups is 4. The molecule has 3 aliphatic carbocycles. The van der Waals surface area contributed by atoms with Crippen LogP contribution in [-0.4, -0.2) is 98.7 Å². The summed E-state index contributed by atoms with van der Waals surface area (Å²) in [6, 6.07) is 15.1. The van der Waals surface area contributed by atoms with Crippen LogP contribution in [0.4, 0.5) is 4.79 Å². The van der Waals surface area contributed by atoms with Crippen molar-refractivity contribution in [2.24, 2.45) is 22.2 Å². The van der Waals surface area contributed by atoms with Gasteiger partial charge in [-0.25, -0.2) is 14.4 Å². The van der Waals surface area contributed by atoms with Gasteiger partial charge in [-0.3, -0.25) is 4.79 Å². The summed E-state index contributed by atoms with van der Waals surface area (Å²) in [7, 11) is 0. The van der Waals surface area contributed by atoms with Crippen molar-refractivity contribution in [3.05, 3.63) is 82.9 Å². The van der Waals surface area contributed by atoms with E-state index >= 15 is 0 Å². The summed E-state index contributed by atoms with van der Waals surface area (Å²) in [6.45, 7) is 13.4.